The van der Waals surface area contributed by atoms with E-state index in [1.807, 2.05) is 30.3 Å². The number of amides is 1. The van der Waals surface area contributed by atoms with Crippen LogP contribution >= 0.6 is 0 Å². The van der Waals surface area contributed by atoms with Crippen molar-refractivity contribution >= 4 is 6.09 Å². The minimum absolute atomic E-state index is 0.0512. The average Bonchev–Trinajstić information content (AvgIpc) is 2.65. The minimum atomic E-state index is -0.247. The van der Waals surface area contributed by atoms with E-state index in [1.165, 1.54) is 25.7 Å². The summed E-state index contributed by atoms with van der Waals surface area (Å²) < 4.78 is 11.3. The zero-order valence-corrected chi connectivity index (χ0v) is 15.2. The Balaban J connectivity index is 1.40. The average molecular weight is 346 g/mol. The standard InChI is InChI=1S/C20H30N2O3/c1-16-6-5-9-18(12-16)21-13-19-14-22(10-11-24-19)20(23)25-15-17-7-3-2-4-8-17/h2-4,7-8,16,18-19,21H,5-6,9-15H2,1H3. The Morgan fingerprint density at radius 2 is 2.16 bits per heavy atom. The van der Waals surface area contributed by atoms with E-state index in [1.54, 1.807) is 4.90 Å². The third kappa shape index (κ3) is 5.72. The van der Waals surface area contributed by atoms with Crippen LogP contribution in [0, 0.1) is 5.92 Å². The number of hydrogen-bond acceptors (Lipinski definition) is 4. The monoisotopic (exact) mass is 346 g/mol. The van der Waals surface area contributed by atoms with Crippen LogP contribution in [0.4, 0.5) is 4.79 Å². The molecule has 1 heterocycles. The molecule has 0 spiro atoms. The maximum Gasteiger partial charge on any atom is 0.410 e. The number of ether oxygens (including phenoxy) is 2. The topological polar surface area (TPSA) is 50.8 Å². The molecule has 5 heteroatoms. The fourth-order valence-corrected chi connectivity index (χ4v) is 3.74. The number of nitrogens with one attached hydrogen (secondary N) is 1. The van der Waals surface area contributed by atoms with Gasteiger partial charge in [-0.05, 0) is 24.3 Å². The lowest BCUT2D eigenvalue weighted by molar-refractivity contribution is -0.0285. The zero-order chi connectivity index (χ0) is 17.5. The second-order valence-corrected chi connectivity index (χ2v) is 7.36. The molecule has 1 saturated heterocycles. The fourth-order valence-electron chi connectivity index (χ4n) is 3.74. The van der Waals surface area contributed by atoms with E-state index >= 15 is 0 Å². The summed E-state index contributed by atoms with van der Waals surface area (Å²) in [5, 5.41) is 3.64. The van der Waals surface area contributed by atoms with Gasteiger partial charge in [0.25, 0.3) is 0 Å². The molecule has 2 fully saturated rings. The number of morpholine rings is 1. The van der Waals surface area contributed by atoms with Crippen molar-refractivity contribution in [3.8, 4) is 0 Å². The van der Waals surface area contributed by atoms with Gasteiger partial charge in [0.15, 0.2) is 0 Å². The second-order valence-electron chi connectivity index (χ2n) is 7.36. The van der Waals surface area contributed by atoms with Gasteiger partial charge in [-0.2, -0.15) is 0 Å². The van der Waals surface area contributed by atoms with Gasteiger partial charge >= 0.3 is 6.09 Å². The van der Waals surface area contributed by atoms with Crippen molar-refractivity contribution in [3.05, 3.63) is 35.9 Å². The Bertz CT molecular complexity index is 537. The van der Waals surface area contributed by atoms with E-state index in [0.29, 0.717) is 32.3 Å². The Morgan fingerprint density at radius 3 is 2.96 bits per heavy atom. The summed E-state index contributed by atoms with van der Waals surface area (Å²) in [5.41, 5.74) is 1.01. The maximum atomic E-state index is 12.3. The number of benzene rings is 1. The van der Waals surface area contributed by atoms with Crippen LogP contribution in [0.3, 0.4) is 0 Å². The second kappa shape index (κ2) is 9.20. The van der Waals surface area contributed by atoms with E-state index in [-0.39, 0.29) is 12.2 Å². The van der Waals surface area contributed by atoms with Crippen molar-refractivity contribution in [1.29, 1.82) is 0 Å². The predicted octanol–water partition coefficient (Wildman–Crippen LogP) is 3.19. The van der Waals surface area contributed by atoms with E-state index in [2.05, 4.69) is 12.2 Å². The van der Waals surface area contributed by atoms with Gasteiger partial charge in [-0.25, -0.2) is 4.79 Å². The van der Waals surface area contributed by atoms with Crippen molar-refractivity contribution in [2.45, 2.75) is 51.4 Å². The van der Waals surface area contributed by atoms with Gasteiger partial charge in [-0.1, -0.05) is 50.1 Å². The van der Waals surface area contributed by atoms with E-state index in [9.17, 15) is 4.79 Å². The van der Waals surface area contributed by atoms with Crippen LogP contribution in [0.25, 0.3) is 0 Å². The zero-order valence-electron chi connectivity index (χ0n) is 15.2. The van der Waals surface area contributed by atoms with Crippen LogP contribution < -0.4 is 5.32 Å². The van der Waals surface area contributed by atoms with Gasteiger partial charge < -0.3 is 19.7 Å². The molecule has 1 aromatic carbocycles. The highest BCUT2D eigenvalue weighted by molar-refractivity contribution is 5.67. The molecule has 25 heavy (non-hydrogen) atoms. The Hall–Kier alpha value is -1.59. The summed E-state index contributed by atoms with van der Waals surface area (Å²) in [6.45, 7) is 5.23. The molecule has 3 atom stereocenters. The summed E-state index contributed by atoms with van der Waals surface area (Å²) in [7, 11) is 0. The molecule has 0 bridgehead atoms. The van der Waals surface area contributed by atoms with Crippen molar-refractivity contribution < 1.29 is 14.3 Å². The molecule has 2 aliphatic rings. The number of carbonyl (C=O) groups excluding carboxylic acids is 1. The van der Waals surface area contributed by atoms with Gasteiger partial charge in [-0.15, -0.1) is 0 Å². The summed E-state index contributed by atoms with van der Waals surface area (Å²) in [6, 6.07) is 10.4. The lowest BCUT2D eigenvalue weighted by atomic mass is 9.87. The Morgan fingerprint density at radius 1 is 1.32 bits per heavy atom. The first kappa shape index (κ1) is 18.2. The molecular formula is C20H30N2O3. The molecule has 1 N–H and O–H groups in total. The normalized spacial score (nSPS) is 27.1. The third-order valence-corrected chi connectivity index (χ3v) is 5.17. The lowest BCUT2D eigenvalue weighted by Gasteiger charge is -2.34. The third-order valence-electron chi connectivity index (χ3n) is 5.17. The van der Waals surface area contributed by atoms with Crippen molar-refractivity contribution in [2.75, 3.05) is 26.2 Å². The molecule has 0 radical (unpaired) electrons. The first-order chi connectivity index (χ1) is 12.2. The van der Waals surface area contributed by atoms with Gasteiger partial charge in [0.05, 0.1) is 19.3 Å². The van der Waals surface area contributed by atoms with Crippen LogP contribution in [-0.2, 0) is 16.1 Å². The van der Waals surface area contributed by atoms with Gasteiger partial charge in [-0.3, -0.25) is 0 Å². The fraction of sp³-hybridized carbons (Fsp3) is 0.650. The molecule has 1 aliphatic heterocycles. The van der Waals surface area contributed by atoms with Gasteiger partial charge in [0, 0.05) is 19.1 Å². The lowest BCUT2D eigenvalue weighted by Crippen LogP contribution is -2.50. The quantitative estimate of drug-likeness (QED) is 0.890. The summed E-state index contributed by atoms with van der Waals surface area (Å²) in [6.07, 6.45) is 4.95. The first-order valence-electron chi connectivity index (χ1n) is 9.51. The maximum absolute atomic E-state index is 12.3. The van der Waals surface area contributed by atoms with Crippen molar-refractivity contribution in [1.82, 2.24) is 10.2 Å². The molecule has 3 rings (SSSR count). The predicted molar refractivity (Wildman–Crippen MR) is 97.4 cm³/mol. The molecule has 0 aromatic heterocycles. The summed E-state index contributed by atoms with van der Waals surface area (Å²) >= 11 is 0. The largest absolute Gasteiger partial charge is 0.445 e. The highest BCUT2D eigenvalue weighted by Gasteiger charge is 2.26. The number of rotatable bonds is 5. The highest BCUT2D eigenvalue weighted by Crippen LogP contribution is 2.23. The van der Waals surface area contributed by atoms with E-state index < -0.39 is 0 Å². The SMILES string of the molecule is CC1CCCC(NCC2CN(C(=O)OCc3ccccc3)CCO2)C1. The first-order valence-corrected chi connectivity index (χ1v) is 9.51. The van der Waals surface area contributed by atoms with Crippen molar-refractivity contribution in [3.63, 3.8) is 0 Å². The molecule has 3 unspecified atom stereocenters. The minimum Gasteiger partial charge on any atom is -0.445 e. The van der Waals surface area contributed by atoms with E-state index in [4.69, 9.17) is 9.47 Å². The molecule has 1 amide bonds. The molecular weight excluding hydrogens is 316 g/mol. The number of carbonyl (C=O) groups is 1. The Kier molecular flexibility index (Phi) is 6.70. The molecule has 1 aliphatic carbocycles. The Labute approximate surface area is 150 Å². The molecule has 1 saturated carbocycles. The summed E-state index contributed by atoms with van der Waals surface area (Å²) in [5.74, 6) is 0.808. The van der Waals surface area contributed by atoms with Gasteiger partial charge in [0.1, 0.15) is 6.61 Å². The van der Waals surface area contributed by atoms with Gasteiger partial charge in [0.2, 0.25) is 0 Å². The van der Waals surface area contributed by atoms with Crippen LogP contribution in [0.15, 0.2) is 30.3 Å². The molecule has 138 valence electrons. The number of nitrogens with zero attached hydrogens (tertiary/aromatic N) is 1. The van der Waals surface area contributed by atoms with Crippen LogP contribution in [0.5, 0.6) is 0 Å². The molecule has 1 aromatic rings. The van der Waals surface area contributed by atoms with Crippen LogP contribution in [-0.4, -0.2) is 49.4 Å². The van der Waals surface area contributed by atoms with Crippen LogP contribution in [0.2, 0.25) is 0 Å². The molecule has 5 nitrogen and oxygen atoms in total. The van der Waals surface area contributed by atoms with Crippen LogP contribution in [0.1, 0.15) is 38.2 Å². The smallest absolute Gasteiger partial charge is 0.410 e. The number of hydrogen-bond donors (Lipinski definition) is 1. The van der Waals surface area contributed by atoms with E-state index in [0.717, 1.165) is 18.0 Å². The highest BCUT2D eigenvalue weighted by atomic mass is 16.6. The van der Waals surface area contributed by atoms with Crippen molar-refractivity contribution in [2.24, 2.45) is 5.92 Å². The summed E-state index contributed by atoms with van der Waals surface area (Å²) in [4.78, 5) is 14.1.